The van der Waals surface area contributed by atoms with Crippen LogP contribution in [0, 0.1) is 5.92 Å². The third-order valence-corrected chi connectivity index (χ3v) is 3.55. The van der Waals surface area contributed by atoms with Crippen LogP contribution in [0.15, 0.2) is 24.3 Å². The fraction of sp³-hybridized carbons (Fsp3) is 0.529. The Labute approximate surface area is 137 Å². The highest BCUT2D eigenvalue weighted by Crippen LogP contribution is 2.16. The second-order valence-corrected chi connectivity index (χ2v) is 6.13. The molecule has 2 amide bonds. The van der Waals surface area contributed by atoms with E-state index in [0.717, 1.165) is 6.54 Å². The molecule has 3 N–H and O–H groups in total. The lowest BCUT2D eigenvalue weighted by Crippen LogP contribution is -2.43. The summed E-state index contributed by atoms with van der Waals surface area (Å²) in [5.41, 5.74) is 1.02. The zero-order valence-electron chi connectivity index (χ0n) is 13.7. The van der Waals surface area contributed by atoms with Gasteiger partial charge in [0, 0.05) is 25.6 Å². The van der Waals surface area contributed by atoms with Crippen LogP contribution < -0.4 is 16.0 Å². The van der Waals surface area contributed by atoms with Gasteiger partial charge in [0.2, 0.25) is 5.91 Å². The number of ether oxygens (including phenoxy) is 1. The molecule has 0 aliphatic carbocycles. The molecule has 1 saturated heterocycles. The summed E-state index contributed by atoms with van der Waals surface area (Å²) in [4.78, 5) is 24.4. The van der Waals surface area contributed by atoms with Crippen molar-refractivity contribution >= 4 is 17.5 Å². The molecule has 1 unspecified atom stereocenters. The van der Waals surface area contributed by atoms with Crippen molar-refractivity contribution in [2.45, 2.75) is 26.3 Å². The summed E-state index contributed by atoms with van der Waals surface area (Å²) in [5, 5.41) is 8.94. The molecule has 1 atom stereocenters. The lowest BCUT2D eigenvalue weighted by atomic mass is 10.1. The minimum Gasteiger partial charge on any atom is -0.378 e. The van der Waals surface area contributed by atoms with Gasteiger partial charge in [0.1, 0.15) is 0 Å². The molecule has 1 aromatic carbocycles. The quantitative estimate of drug-likeness (QED) is 0.740. The van der Waals surface area contributed by atoms with Crippen molar-refractivity contribution in [1.29, 1.82) is 0 Å². The Hall–Kier alpha value is -1.92. The SMILES string of the molecule is CC(C)CNC(=O)c1ccccc1NC(=O)CC1COCCN1. The van der Waals surface area contributed by atoms with E-state index in [1.807, 2.05) is 13.8 Å². The number of morpholine rings is 1. The maximum absolute atomic E-state index is 12.2. The average Bonchev–Trinajstić information content (AvgIpc) is 2.54. The number of hydrogen-bond acceptors (Lipinski definition) is 4. The van der Waals surface area contributed by atoms with Crippen LogP contribution >= 0.6 is 0 Å². The first-order valence-corrected chi connectivity index (χ1v) is 8.04. The first-order valence-electron chi connectivity index (χ1n) is 8.04. The molecule has 6 nitrogen and oxygen atoms in total. The predicted octanol–water partition coefficient (Wildman–Crippen LogP) is 1.39. The van der Waals surface area contributed by atoms with Crippen molar-refractivity contribution in [2.75, 3.05) is 31.6 Å². The maximum Gasteiger partial charge on any atom is 0.253 e. The van der Waals surface area contributed by atoms with Gasteiger partial charge in [-0.1, -0.05) is 26.0 Å². The molecule has 2 rings (SSSR count). The Morgan fingerprint density at radius 2 is 2.13 bits per heavy atom. The van der Waals surface area contributed by atoms with Gasteiger partial charge in [0.25, 0.3) is 5.91 Å². The van der Waals surface area contributed by atoms with E-state index in [2.05, 4.69) is 16.0 Å². The molecule has 6 heteroatoms. The number of amides is 2. The third-order valence-electron chi connectivity index (χ3n) is 3.55. The minimum atomic E-state index is -0.172. The van der Waals surface area contributed by atoms with E-state index in [1.54, 1.807) is 24.3 Å². The minimum absolute atomic E-state index is 0.0191. The number of nitrogens with one attached hydrogen (secondary N) is 3. The van der Waals surface area contributed by atoms with Crippen LogP contribution in [0.4, 0.5) is 5.69 Å². The highest BCUT2D eigenvalue weighted by atomic mass is 16.5. The smallest absolute Gasteiger partial charge is 0.253 e. The van der Waals surface area contributed by atoms with Crippen molar-refractivity contribution in [2.24, 2.45) is 5.92 Å². The summed E-state index contributed by atoms with van der Waals surface area (Å²) < 4.78 is 5.34. The van der Waals surface area contributed by atoms with Gasteiger partial charge in [-0.3, -0.25) is 9.59 Å². The van der Waals surface area contributed by atoms with Crippen molar-refractivity contribution in [1.82, 2.24) is 10.6 Å². The van der Waals surface area contributed by atoms with Crippen LogP contribution in [0.25, 0.3) is 0 Å². The summed E-state index contributed by atoms with van der Waals surface area (Å²) in [6.07, 6.45) is 0.321. The Bertz CT molecular complexity index is 540. The monoisotopic (exact) mass is 319 g/mol. The molecule has 0 spiro atoms. The van der Waals surface area contributed by atoms with Crippen LogP contribution in [-0.4, -0.2) is 44.2 Å². The molecule has 1 aliphatic rings. The summed E-state index contributed by atoms with van der Waals surface area (Å²) in [5.74, 6) is 0.0731. The summed E-state index contributed by atoms with van der Waals surface area (Å²) in [7, 11) is 0. The zero-order chi connectivity index (χ0) is 16.7. The van der Waals surface area contributed by atoms with E-state index in [0.29, 0.717) is 43.3 Å². The summed E-state index contributed by atoms with van der Waals surface area (Å²) in [6.45, 7) is 6.64. The van der Waals surface area contributed by atoms with E-state index in [1.165, 1.54) is 0 Å². The number of rotatable bonds is 6. The van der Waals surface area contributed by atoms with E-state index < -0.39 is 0 Å². The van der Waals surface area contributed by atoms with Crippen LogP contribution in [0.3, 0.4) is 0 Å². The van der Waals surface area contributed by atoms with Crippen molar-refractivity contribution in [3.8, 4) is 0 Å². The second-order valence-electron chi connectivity index (χ2n) is 6.13. The van der Waals surface area contributed by atoms with Crippen molar-refractivity contribution < 1.29 is 14.3 Å². The predicted molar refractivity (Wildman–Crippen MR) is 89.5 cm³/mol. The van der Waals surface area contributed by atoms with E-state index >= 15 is 0 Å². The standard InChI is InChI=1S/C17H25N3O3/c1-12(2)10-19-17(22)14-5-3-4-6-15(14)20-16(21)9-13-11-23-8-7-18-13/h3-6,12-13,18H,7-11H2,1-2H3,(H,19,22)(H,20,21). The van der Waals surface area contributed by atoms with Crippen LogP contribution in [-0.2, 0) is 9.53 Å². The van der Waals surface area contributed by atoms with E-state index in [4.69, 9.17) is 4.74 Å². The molecule has 1 fully saturated rings. The van der Waals surface area contributed by atoms with E-state index in [-0.39, 0.29) is 17.9 Å². The maximum atomic E-state index is 12.2. The first kappa shape index (κ1) is 17.4. The molecule has 0 aromatic heterocycles. The molecular formula is C17H25N3O3. The van der Waals surface area contributed by atoms with Crippen LogP contribution in [0.5, 0.6) is 0 Å². The van der Waals surface area contributed by atoms with Gasteiger partial charge in [-0.2, -0.15) is 0 Å². The number of carbonyl (C=O) groups is 2. The first-order chi connectivity index (χ1) is 11.1. The Morgan fingerprint density at radius 3 is 2.83 bits per heavy atom. The fourth-order valence-electron chi connectivity index (χ4n) is 2.36. The van der Waals surface area contributed by atoms with Gasteiger partial charge in [0.15, 0.2) is 0 Å². The molecule has 1 heterocycles. The van der Waals surface area contributed by atoms with Gasteiger partial charge < -0.3 is 20.7 Å². The summed E-state index contributed by atoms with van der Waals surface area (Å²) in [6, 6.07) is 7.07. The third kappa shape index (κ3) is 5.65. The lowest BCUT2D eigenvalue weighted by Gasteiger charge is -2.23. The highest BCUT2D eigenvalue weighted by molar-refractivity contribution is 6.03. The number of carbonyl (C=O) groups excluding carboxylic acids is 2. The average molecular weight is 319 g/mol. The molecule has 126 valence electrons. The fourth-order valence-corrected chi connectivity index (χ4v) is 2.36. The van der Waals surface area contributed by atoms with Gasteiger partial charge >= 0.3 is 0 Å². The molecule has 1 aromatic rings. The second kappa shape index (κ2) is 8.64. The number of hydrogen-bond donors (Lipinski definition) is 3. The number of benzene rings is 1. The lowest BCUT2D eigenvalue weighted by molar-refractivity contribution is -0.117. The van der Waals surface area contributed by atoms with Crippen molar-refractivity contribution in [3.05, 3.63) is 29.8 Å². The number of anilines is 1. The van der Waals surface area contributed by atoms with E-state index in [9.17, 15) is 9.59 Å². The summed E-state index contributed by atoms with van der Waals surface area (Å²) >= 11 is 0. The van der Waals surface area contributed by atoms with Gasteiger partial charge in [-0.15, -0.1) is 0 Å². The van der Waals surface area contributed by atoms with Gasteiger partial charge in [-0.05, 0) is 18.1 Å². The van der Waals surface area contributed by atoms with Crippen LogP contribution in [0.1, 0.15) is 30.6 Å². The highest BCUT2D eigenvalue weighted by Gasteiger charge is 2.18. The Balaban J connectivity index is 1.96. The topological polar surface area (TPSA) is 79.5 Å². The van der Waals surface area contributed by atoms with Gasteiger partial charge in [0.05, 0.1) is 24.5 Å². The normalized spacial score (nSPS) is 17.8. The Kier molecular flexibility index (Phi) is 6.55. The van der Waals surface area contributed by atoms with Crippen LogP contribution in [0.2, 0.25) is 0 Å². The molecule has 1 aliphatic heterocycles. The zero-order valence-corrected chi connectivity index (χ0v) is 13.7. The number of para-hydroxylation sites is 1. The molecule has 23 heavy (non-hydrogen) atoms. The largest absolute Gasteiger partial charge is 0.378 e. The Morgan fingerprint density at radius 1 is 1.35 bits per heavy atom. The molecular weight excluding hydrogens is 294 g/mol. The van der Waals surface area contributed by atoms with Crippen molar-refractivity contribution in [3.63, 3.8) is 0 Å². The molecule has 0 bridgehead atoms. The van der Waals surface area contributed by atoms with Gasteiger partial charge in [-0.25, -0.2) is 0 Å². The molecule has 0 radical (unpaired) electrons. The molecule has 0 saturated carbocycles.